The van der Waals surface area contributed by atoms with Gasteiger partial charge in [0.15, 0.2) is 11.6 Å². The summed E-state index contributed by atoms with van der Waals surface area (Å²) in [5.74, 6) is -0.350. The molecule has 0 bridgehead atoms. The highest BCUT2D eigenvalue weighted by molar-refractivity contribution is 5.49. The number of benzene rings is 1. The van der Waals surface area contributed by atoms with Crippen LogP contribution in [0, 0.1) is 23.1 Å². The number of hydrogen-bond donors (Lipinski definition) is 2. The summed E-state index contributed by atoms with van der Waals surface area (Å²) in [5, 5.41) is 22.8. The summed E-state index contributed by atoms with van der Waals surface area (Å²) in [4.78, 5) is 2.27. The minimum atomic E-state index is -0.639. The molecular formula is C16H20FN3O. The maximum atomic E-state index is 13.8. The molecule has 1 saturated heterocycles. The summed E-state index contributed by atoms with van der Waals surface area (Å²) in [6.45, 7) is 3.49. The molecule has 0 radical (unpaired) electrons. The second-order valence-electron chi connectivity index (χ2n) is 5.95. The van der Waals surface area contributed by atoms with Gasteiger partial charge in [-0.1, -0.05) is 12.8 Å². The van der Waals surface area contributed by atoms with Gasteiger partial charge >= 0.3 is 0 Å². The van der Waals surface area contributed by atoms with Crippen molar-refractivity contribution in [2.75, 3.05) is 26.2 Å². The maximum absolute atomic E-state index is 13.8. The Hall–Kier alpha value is -1.64. The molecule has 1 aliphatic carbocycles. The molecule has 1 aromatic carbocycles. The number of phenolic OH excluding ortho intramolecular Hbond substituents is 1. The molecule has 4 nitrogen and oxygen atoms in total. The van der Waals surface area contributed by atoms with Crippen molar-refractivity contribution in [3.63, 3.8) is 0 Å². The van der Waals surface area contributed by atoms with Crippen LogP contribution in [0.3, 0.4) is 0 Å². The van der Waals surface area contributed by atoms with Gasteiger partial charge in [0.25, 0.3) is 0 Å². The van der Waals surface area contributed by atoms with E-state index < -0.39 is 5.82 Å². The van der Waals surface area contributed by atoms with E-state index in [4.69, 9.17) is 0 Å². The van der Waals surface area contributed by atoms with Crippen LogP contribution in [0.2, 0.25) is 0 Å². The molecule has 1 aliphatic heterocycles. The third kappa shape index (κ3) is 3.02. The van der Waals surface area contributed by atoms with Crippen LogP contribution in [-0.4, -0.2) is 36.2 Å². The van der Waals surface area contributed by atoms with Crippen molar-refractivity contribution in [1.82, 2.24) is 10.2 Å². The normalized spacial score (nSPS) is 21.0. The average Bonchev–Trinajstić information content (AvgIpc) is 3.33. The number of rotatable bonds is 4. The number of phenols is 1. The van der Waals surface area contributed by atoms with Crippen LogP contribution in [0.25, 0.3) is 0 Å². The number of nitrogens with zero attached hydrogens (tertiary/aromatic N) is 2. The Morgan fingerprint density at radius 3 is 2.71 bits per heavy atom. The molecule has 3 rings (SSSR count). The number of hydrogen-bond acceptors (Lipinski definition) is 4. The largest absolute Gasteiger partial charge is 0.505 e. The van der Waals surface area contributed by atoms with Crippen LogP contribution in [0.1, 0.15) is 36.4 Å². The zero-order valence-electron chi connectivity index (χ0n) is 12.0. The minimum absolute atomic E-state index is 0.0649. The Morgan fingerprint density at radius 2 is 2.10 bits per heavy atom. The Labute approximate surface area is 124 Å². The maximum Gasteiger partial charge on any atom is 0.165 e. The standard InChI is InChI=1S/C16H20FN3O/c17-13-4-3-12(10-18)15(16(13)21)14(9-11-1-2-11)20-7-5-19-6-8-20/h3-4,11,14,19,21H,1-2,5-9H2/t14-/m0/s1. The zero-order valence-corrected chi connectivity index (χ0v) is 12.0. The molecule has 2 aliphatic rings. The first-order valence-electron chi connectivity index (χ1n) is 7.57. The molecule has 112 valence electrons. The fourth-order valence-corrected chi connectivity index (χ4v) is 3.13. The number of halogens is 1. The van der Waals surface area contributed by atoms with Gasteiger partial charge < -0.3 is 10.4 Å². The Balaban J connectivity index is 1.98. The van der Waals surface area contributed by atoms with Gasteiger partial charge in [0.05, 0.1) is 11.6 Å². The Kier molecular flexibility index (Phi) is 4.09. The van der Waals surface area contributed by atoms with Crippen LogP contribution in [0.15, 0.2) is 12.1 Å². The predicted octanol–water partition coefficient (Wildman–Crippen LogP) is 2.15. The van der Waals surface area contributed by atoms with Gasteiger partial charge in [0, 0.05) is 37.8 Å². The van der Waals surface area contributed by atoms with Crippen LogP contribution in [-0.2, 0) is 0 Å². The smallest absolute Gasteiger partial charge is 0.165 e. The van der Waals surface area contributed by atoms with E-state index in [1.54, 1.807) is 0 Å². The number of piperazine rings is 1. The molecule has 0 spiro atoms. The van der Waals surface area contributed by atoms with Crippen molar-refractivity contribution in [3.05, 3.63) is 29.1 Å². The molecule has 1 aromatic rings. The van der Waals surface area contributed by atoms with Gasteiger partial charge in [-0.15, -0.1) is 0 Å². The van der Waals surface area contributed by atoms with Crippen molar-refractivity contribution >= 4 is 0 Å². The van der Waals surface area contributed by atoms with E-state index in [-0.39, 0.29) is 11.8 Å². The first kappa shape index (κ1) is 14.3. The zero-order chi connectivity index (χ0) is 14.8. The highest BCUT2D eigenvalue weighted by atomic mass is 19.1. The monoisotopic (exact) mass is 289 g/mol. The molecule has 1 saturated carbocycles. The summed E-state index contributed by atoms with van der Waals surface area (Å²) >= 11 is 0. The number of nitriles is 1. The summed E-state index contributed by atoms with van der Waals surface area (Å²) in [6, 6.07) is 4.69. The third-order valence-electron chi connectivity index (χ3n) is 4.47. The van der Waals surface area contributed by atoms with E-state index in [0.717, 1.165) is 32.6 Å². The SMILES string of the molecule is N#Cc1ccc(F)c(O)c1[C@H](CC1CC1)N1CCNCC1. The highest BCUT2D eigenvalue weighted by Gasteiger charge is 2.33. The van der Waals surface area contributed by atoms with E-state index in [0.29, 0.717) is 17.0 Å². The predicted molar refractivity (Wildman–Crippen MR) is 77.3 cm³/mol. The van der Waals surface area contributed by atoms with Crippen LogP contribution in [0.4, 0.5) is 4.39 Å². The lowest BCUT2D eigenvalue weighted by atomic mass is 9.93. The van der Waals surface area contributed by atoms with Crippen LogP contribution < -0.4 is 5.32 Å². The van der Waals surface area contributed by atoms with Gasteiger partial charge in [0.2, 0.25) is 0 Å². The van der Waals surface area contributed by atoms with Gasteiger partial charge in [-0.3, -0.25) is 4.90 Å². The molecule has 21 heavy (non-hydrogen) atoms. The van der Waals surface area contributed by atoms with E-state index in [1.165, 1.54) is 25.0 Å². The summed E-state index contributed by atoms with van der Waals surface area (Å²) in [5.41, 5.74) is 0.865. The van der Waals surface area contributed by atoms with Gasteiger partial charge in [-0.05, 0) is 24.5 Å². The summed E-state index contributed by atoms with van der Waals surface area (Å²) in [7, 11) is 0. The topological polar surface area (TPSA) is 59.3 Å². The highest BCUT2D eigenvalue weighted by Crippen LogP contribution is 2.43. The fourth-order valence-electron chi connectivity index (χ4n) is 3.13. The molecule has 0 aromatic heterocycles. The minimum Gasteiger partial charge on any atom is -0.505 e. The lowest BCUT2D eigenvalue weighted by molar-refractivity contribution is 0.157. The van der Waals surface area contributed by atoms with E-state index in [9.17, 15) is 14.8 Å². The van der Waals surface area contributed by atoms with Crippen molar-refractivity contribution in [3.8, 4) is 11.8 Å². The van der Waals surface area contributed by atoms with E-state index in [1.807, 2.05) is 0 Å². The van der Waals surface area contributed by atoms with Crippen molar-refractivity contribution in [1.29, 1.82) is 5.26 Å². The van der Waals surface area contributed by atoms with Crippen LogP contribution >= 0.6 is 0 Å². The van der Waals surface area contributed by atoms with Gasteiger partial charge in [0.1, 0.15) is 0 Å². The average molecular weight is 289 g/mol. The molecular weight excluding hydrogens is 269 g/mol. The number of nitrogens with one attached hydrogen (secondary N) is 1. The van der Waals surface area contributed by atoms with Crippen LogP contribution in [0.5, 0.6) is 5.75 Å². The molecule has 0 amide bonds. The lowest BCUT2D eigenvalue weighted by Crippen LogP contribution is -2.45. The van der Waals surface area contributed by atoms with E-state index in [2.05, 4.69) is 16.3 Å². The second-order valence-corrected chi connectivity index (χ2v) is 5.95. The van der Waals surface area contributed by atoms with Gasteiger partial charge in [-0.2, -0.15) is 5.26 Å². The molecule has 2 N–H and O–H groups in total. The second kappa shape index (κ2) is 6.00. The molecule has 0 unspecified atom stereocenters. The Bertz CT molecular complexity index is 559. The van der Waals surface area contributed by atoms with Crippen molar-refractivity contribution < 1.29 is 9.50 Å². The Morgan fingerprint density at radius 1 is 1.38 bits per heavy atom. The summed E-state index contributed by atoms with van der Waals surface area (Å²) in [6.07, 6.45) is 3.28. The number of aromatic hydroxyl groups is 1. The molecule has 5 heteroatoms. The van der Waals surface area contributed by atoms with Crippen molar-refractivity contribution in [2.24, 2.45) is 5.92 Å². The van der Waals surface area contributed by atoms with E-state index >= 15 is 0 Å². The van der Waals surface area contributed by atoms with Crippen molar-refractivity contribution in [2.45, 2.75) is 25.3 Å². The quantitative estimate of drug-likeness (QED) is 0.891. The fraction of sp³-hybridized carbons (Fsp3) is 0.562. The molecule has 1 heterocycles. The molecule has 1 atom stereocenters. The third-order valence-corrected chi connectivity index (χ3v) is 4.47. The molecule has 2 fully saturated rings. The van der Waals surface area contributed by atoms with Gasteiger partial charge in [-0.25, -0.2) is 4.39 Å². The summed E-state index contributed by atoms with van der Waals surface area (Å²) < 4.78 is 13.8. The first-order chi connectivity index (χ1) is 10.2. The lowest BCUT2D eigenvalue weighted by Gasteiger charge is -2.36. The first-order valence-corrected chi connectivity index (χ1v) is 7.57.